The average molecular weight is 342 g/mol. The van der Waals surface area contributed by atoms with Gasteiger partial charge < -0.3 is 9.73 Å². The number of amides is 1. The number of benzene rings is 1. The Bertz CT molecular complexity index is 708. The molecule has 1 saturated heterocycles. The molecule has 3 N–H and O–H groups in total. The topological polar surface area (TPSA) is 79.2 Å². The van der Waals surface area contributed by atoms with Gasteiger partial charge in [0.15, 0.2) is 11.7 Å². The van der Waals surface area contributed by atoms with Gasteiger partial charge >= 0.3 is 0 Å². The van der Waals surface area contributed by atoms with Gasteiger partial charge in [-0.3, -0.25) is 10.2 Å². The summed E-state index contributed by atoms with van der Waals surface area (Å²) < 4.78 is 5.76. The first kappa shape index (κ1) is 17.6. The van der Waals surface area contributed by atoms with Crippen LogP contribution in [0.3, 0.4) is 0 Å². The molecule has 6 heteroatoms. The highest BCUT2D eigenvalue weighted by molar-refractivity contribution is 5.76. The van der Waals surface area contributed by atoms with Crippen molar-refractivity contribution in [2.75, 3.05) is 0 Å². The van der Waals surface area contributed by atoms with Crippen molar-refractivity contribution in [2.45, 2.75) is 52.2 Å². The largest absolute Gasteiger partial charge is 0.441 e. The molecule has 1 aliphatic heterocycles. The number of hydrogen-bond acceptors (Lipinski definition) is 5. The van der Waals surface area contributed by atoms with Crippen molar-refractivity contribution in [2.24, 2.45) is 5.92 Å². The zero-order chi connectivity index (χ0) is 17.8. The Morgan fingerprint density at radius 2 is 2.08 bits per heavy atom. The Kier molecular flexibility index (Phi) is 5.50. The SMILES string of the molecule is Cc1ccc(-c2cnc(CCC(=O)NC3CC(C(C)C)NN3)o2)cc1. The molecule has 0 bridgehead atoms. The van der Waals surface area contributed by atoms with Gasteiger partial charge in [0.2, 0.25) is 5.91 Å². The van der Waals surface area contributed by atoms with Gasteiger partial charge in [-0.2, -0.15) is 0 Å². The van der Waals surface area contributed by atoms with Crippen LogP contribution in [0.15, 0.2) is 34.9 Å². The molecule has 2 atom stereocenters. The van der Waals surface area contributed by atoms with Crippen molar-refractivity contribution >= 4 is 5.91 Å². The summed E-state index contributed by atoms with van der Waals surface area (Å²) in [7, 11) is 0. The first-order valence-corrected chi connectivity index (χ1v) is 8.83. The molecule has 0 saturated carbocycles. The van der Waals surface area contributed by atoms with E-state index < -0.39 is 0 Å². The fourth-order valence-corrected chi connectivity index (χ4v) is 2.88. The molecule has 0 aliphatic carbocycles. The molecule has 0 radical (unpaired) electrons. The molecule has 1 aromatic carbocycles. The predicted octanol–water partition coefficient (Wildman–Crippen LogP) is 2.55. The van der Waals surface area contributed by atoms with Crippen LogP contribution in [0.1, 0.15) is 38.1 Å². The maximum absolute atomic E-state index is 12.1. The predicted molar refractivity (Wildman–Crippen MR) is 96.4 cm³/mol. The molecule has 1 aliphatic rings. The lowest BCUT2D eigenvalue weighted by Crippen LogP contribution is -2.44. The minimum Gasteiger partial charge on any atom is -0.441 e. The van der Waals surface area contributed by atoms with E-state index in [2.05, 4.69) is 35.0 Å². The quantitative estimate of drug-likeness (QED) is 0.752. The minimum atomic E-state index is -0.0208. The third kappa shape index (κ3) is 4.67. The standard InChI is InChI=1S/C19H26N4O2/c1-12(2)15-10-17(23-22-15)21-18(24)8-9-19-20-11-16(25-19)14-6-4-13(3)5-7-14/h4-7,11-12,15,17,22-23H,8-10H2,1-3H3,(H,21,24). The summed E-state index contributed by atoms with van der Waals surface area (Å²) in [6, 6.07) is 8.48. The van der Waals surface area contributed by atoms with E-state index in [1.54, 1.807) is 6.20 Å². The smallest absolute Gasteiger partial charge is 0.221 e. The summed E-state index contributed by atoms with van der Waals surface area (Å²) in [4.78, 5) is 16.4. The fourth-order valence-electron chi connectivity index (χ4n) is 2.88. The molecule has 1 amide bonds. The highest BCUT2D eigenvalue weighted by Gasteiger charge is 2.26. The maximum atomic E-state index is 12.1. The zero-order valence-electron chi connectivity index (χ0n) is 15.0. The van der Waals surface area contributed by atoms with Crippen LogP contribution in [-0.4, -0.2) is 23.1 Å². The van der Waals surface area contributed by atoms with E-state index >= 15 is 0 Å². The molecule has 134 valence electrons. The minimum absolute atomic E-state index is 0.00112. The molecule has 2 heterocycles. The number of hydrogen-bond donors (Lipinski definition) is 3. The van der Waals surface area contributed by atoms with Gasteiger partial charge in [-0.15, -0.1) is 0 Å². The van der Waals surface area contributed by atoms with E-state index in [0.717, 1.165) is 17.7 Å². The Morgan fingerprint density at radius 3 is 2.76 bits per heavy atom. The van der Waals surface area contributed by atoms with Gasteiger partial charge in [0.25, 0.3) is 0 Å². The van der Waals surface area contributed by atoms with E-state index in [4.69, 9.17) is 4.42 Å². The molecule has 2 unspecified atom stereocenters. The van der Waals surface area contributed by atoms with E-state index in [1.807, 2.05) is 31.2 Å². The molecule has 1 aromatic heterocycles. The summed E-state index contributed by atoms with van der Waals surface area (Å²) in [5.74, 6) is 1.85. The number of oxazole rings is 1. The van der Waals surface area contributed by atoms with Crippen molar-refractivity contribution in [1.29, 1.82) is 0 Å². The molecule has 3 rings (SSSR count). The van der Waals surface area contributed by atoms with Crippen LogP contribution in [0.5, 0.6) is 0 Å². The summed E-state index contributed by atoms with van der Waals surface area (Å²) >= 11 is 0. The van der Waals surface area contributed by atoms with Gasteiger partial charge in [-0.1, -0.05) is 43.7 Å². The number of rotatable bonds is 6. The van der Waals surface area contributed by atoms with Gasteiger partial charge in [0.1, 0.15) is 0 Å². The third-order valence-corrected chi connectivity index (χ3v) is 4.53. The van der Waals surface area contributed by atoms with Crippen molar-refractivity contribution in [3.8, 4) is 11.3 Å². The van der Waals surface area contributed by atoms with E-state index in [-0.39, 0.29) is 12.1 Å². The Balaban J connectivity index is 1.47. The van der Waals surface area contributed by atoms with Crippen LogP contribution in [0.25, 0.3) is 11.3 Å². The number of aromatic nitrogens is 1. The molecule has 1 fully saturated rings. The zero-order valence-corrected chi connectivity index (χ0v) is 15.0. The van der Waals surface area contributed by atoms with Crippen molar-refractivity contribution in [1.82, 2.24) is 21.2 Å². The first-order chi connectivity index (χ1) is 12.0. The number of nitrogens with one attached hydrogen (secondary N) is 3. The lowest BCUT2D eigenvalue weighted by atomic mass is 10.0. The summed E-state index contributed by atoms with van der Waals surface area (Å²) in [6.07, 6.45) is 3.43. The van der Waals surface area contributed by atoms with Crippen LogP contribution in [0, 0.1) is 12.8 Å². The highest BCUT2D eigenvalue weighted by atomic mass is 16.4. The monoisotopic (exact) mass is 342 g/mol. The number of aryl methyl sites for hydroxylation is 2. The van der Waals surface area contributed by atoms with Crippen molar-refractivity contribution in [3.05, 3.63) is 41.9 Å². The number of nitrogens with zero attached hydrogens (tertiary/aromatic N) is 1. The summed E-state index contributed by atoms with van der Waals surface area (Å²) in [6.45, 7) is 6.38. The number of carbonyl (C=O) groups excluding carboxylic acids is 1. The van der Waals surface area contributed by atoms with Crippen LogP contribution in [0.4, 0.5) is 0 Å². The second kappa shape index (κ2) is 7.80. The van der Waals surface area contributed by atoms with Crippen LogP contribution in [0.2, 0.25) is 0 Å². The number of hydrazine groups is 1. The Hall–Kier alpha value is -2.18. The second-order valence-corrected chi connectivity index (χ2v) is 6.98. The van der Waals surface area contributed by atoms with E-state index in [9.17, 15) is 4.79 Å². The van der Waals surface area contributed by atoms with Crippen LogP contribution in [-0.2, 0) is 11.2 Å². The second-order valence-electron chi connectivity index (χ2n) is 6.98. The maximum Gasteiger partial charge on any atom is 0.221 e. The van der Waals surface area contributed by atoms with Gasteiger partial charge in [0.05, 0.1) is 12.4 Å². The van der Waals surface area contributed by atoms with Crippen molar-refractivity contribution in [3.63, 3.8) is 0 Å². The van der Waals surface area contributed by atoms with E-state index in [0.29, 0.717) is 30.7 Å². The van der Waals surface area contributed by atoms with Gasteiger partial charge in [0, 0.05) is 24.4 Å². The first-order valence-electron chi connectivity index (χ1n) is 8.83. The Morgan fingerprint density at radius 1 is 1.32 bits per heavy atom. The normalized spacial score (nSPS) is 20.2. The lowest BCUT2D eigenvalue weighted by Gasteiger charge is -2.13. The molecule has 25 heavy (non-hydrogen) atoms. The molecule has 0 spiro atoms. The van der Waals surface area contributed by atoms with E-state index in [1.165, 1.54) is 5.56 Å². The lowest BCUT2D eigenvalue weighted by molar-refractivity contribution is -0.122. The molecule has 2 aromatic rings. The molecular weight excluding hydrogens is 316 g/mol. The van der Waals surface area contributed by atoms with Crippen LogP contribution < -0.4 is 16.2 Å². The van der Waals surface area contributed by atoms with Gasteiger partial charge in [-0.05, 0) is 19.3 Å². The molecule has 6 nitrogen and oxygen atoms in total. The average Bonchev–Trinajstić information content (AvgIpc) is 3.23. The van der Waals surface area contributed by atoms with Crippen LogP contribution >= 0.6 is 0 Å². The number of carbonyl (C=O) groups is 1. The summed E-state index contributed by atoms with van der Waals surface area (Å²) in [5.41, 5.74) is 8.54. The summed E-state index contributed by atoms with van der Waals surface area (Å²) in [5, 5.41) is 3.00. The highest BCUT2D eigenvalue weighted by Crippen LogP contribution is 2.21. The fraction of sp³-hybridized carbons (Fsp3) is 0.474. The Labute approximate surface area is 148 Å². The third-order valence-electron chi connectivity index (χ3n) is 4.53. The van der Waals surface area contributed by atoms with Crippen molar-refractivity contribution < 1.29 is 9.21 Å². The van der Waals surface area contributed by atoms with Gasteiger partial charge in [-0.25, -0.2) is 10.4 Å². The molecular formula is C19H26N4O2.